The lowest BCUT2D eigenvalue weighted by Gasteiger charge is -2.10. The number of phenolic OH excluding ortho intramolecular Hbond substituents is 1. The largest absolute Gasteiger partial charge is 0.507 e. The Balaban J connectivity index is 1.97. The fourth-order valence-corrected chi connectivity index (χ4v) is 2.68. The van der Waals surface area contributed by atoms with E-state index in [1.165, 1.54) is 6.07 Å². The van der Waals surface area contributed by atoms with Crippen LogP contribution in [-0.4, -0.2) is 23.5 Å². The van der Waals surface area contributed by atoms with Gasteiger partial charge in [0.05, 0.1) is 12.1 Å². The predicted octanol–water partition coefficient (Wildman–Crippen LogP) is 3.39. The van der Waals surface area contributed by atoms with Crippen LogP contribution in [0.3, 0.4) is 0 Å². The zero-order valence-corrected chi connectivity index (χ0v) is 15.1. The van der Waals surface area contributed by atoms with Gasteiger partial charge in [-0.25, -0.2) is 0 Å². The molecule has 24 heavy (non-hydrogen) atoms. The maximum atomic E-state index is 12.1. The molecule has 2 amide bonds. The Morgan fingerprint density at radius 3 is 2.58 bits per heavy atom. The molecule has 0 aliphatic carbocycles. The first-order valence-corrected chi connectivity index (χ1v) is 8.36. The molecule has 3 N–H and O–H groups in total. The molecule has 0 spiro atoms. The van der Waals surface area contributed by atoms with Gasteiger partial charge in [0.2, 0.25) is 5.91 Å². The lowest BCUT2D eigenvalue weighted by molar-refractivity contribution is -0.115. The van der Waals surface area contributed by atoms with E-state index in [4.69, 9.17) is 0 Å². The van der Waals surface area contributed by atoms with Crippen LogP contribution in [0.4, 0.5) is 5.69 Å². The van der Waals surface area contributed by atoms with E-state index in [1.807, 2.05) is 26.0 Å². The Morgan fingerprint density at radius 2 is 1.92 bits per heavy atom. The SMILES string of the molecule is CCc1ccc(O)c(C(=O)NCC(=O)Nc2ccc(Br)cc2C)c1. The second-order valence-corrected chi connectivity index (χ2v) is 6.31. The average Bonchev–Trinajstić information content (AvgIpc) is 2.55. The molecule has 0 aromatic heterocycles. The molecule has 0 aliphatic rings. The van der Waals surface area contributed by atoms with Gasteiger partial charge in [-0.2, -0.15) is 0 Å². The van der Waals surface area contributed by atoms with E-state index in [1.54, 1.807) is 18.2 Å². The summed E-state index contributed by atoms with van der Waals surface area (Å²) >= 11 is 3.36. The third-order valence-corrected chi connectivity index (χ3v) is 4.08. The lowest BCUT2D eigenvalue weighted by atomic mass is 10.1. The van der Waals surface area contributed by atoms with Crippen molar-refractivity contribution < 1.29 is 14.7 Å². The van der Waals surface area contributed by atoms with Crippen LogP contribution in [0.2, 0.25) is 0 Å². The van der Waals surface area contributed by atoms with E-state index in [0.717, 1.165) is 22.0 Å². The summed E-state index contributed by atoms with van der Waals surface area (Å²) < 4.78 is 0.928. The fraction of sp³-hybridized carbons (Fsp3) is 0.222. The zero-order valence-electron chi connectivity index (χ0n) is 13.5. The van der Waals surface area contributed by atoms with E-state index in [0.29, 0.717) is 5.69 Å². The van der Waals surface area contributed by atoms with Gasteiger partial charge in [-0.1, -0.05) is 28.9 Å². The molecule has 0 saturated carbocycles. The average molecular weight is 391 g/mol. The highest BCUT2D eigenvalue weighted by atomic mass is 79.9. The molecule has 0 atom stereocenters. The number of amides is 2. The highest BCUT2D eigenvalue weighted by Gasteiger charge is 2.13. The van der Waals surface area contributed by atoms with Crippen molar-refractivity contribution in [1.29, 1.82) is 0 Å². The number of phenols is 1. The van der Waals surface area contributed by atoms with Gasteiger partial charge in [0, 0.05) is 10.2 Å². The Labute approximate surface area is 149 Å². The summed E-state index contributed by atoms with van der Waals surface area (Å²) in [6, 6.07) is 10.4. The molecular formula is C18H19BrN2O3. The van der Waals surface area contributed by atoms with Crippen molar-refractivity contribution >= 4 is 33.4 Å². The lowest BCUT2D eigenvalue weighted by Crippen LogP contribution is -2.33. The number of aryl methyl sites for hydroxylation is 2. The van der Waals surface area contributed by atoms with Crippen LogP contribution in [0.15, 0.2) is 40.9 Å². The number of carbonyl (C=O) groups is 2. The number of benzene rings is 2. The number of hydrogen-bond donors (Lipinski definition) is 3. The van der Waals surface area contributed by atoms with Gasteiger partial charge in [-0.3, -0.25) is 9.59 Å². The van der Waals surface area contributed by atoms with E-state index in [-0.39, 0.29) is 23.8 Å². The van der Waals surface area contributed by atoms with Crippen molar-refractivity contribution in [2.75, 3.05) is 11.9 Å². The van der Waals surface area contributed by atoms with E-state index >= 15 is 0 Å². The molecule has 6 heteroatoms. The molecule has 0 fully saturated rings. The number of nitrogens with one attached hydrogen (secondary N) is 2. The molecule has 5 nitrogen and oxygen atoms in total. The van der Waals surface area contributed by atoms with Crippen LogP contribution in [0.5, 0.6) is 5.75 Å². The summed E-state index contributed by atoms with van der Waals surface area (Å²) in [5, 5.41) is 15.1. The van der Waals surface area contributed by atoms with Crippen molar-refractivity contribution in [2.24, 2.45) is 0 Å². The van der Waals surface area contributed by atoms with Gasteiger partial charge in [-0.15, -0.1) is 0 Å². The first-order valence-electron chi connectivity index (χ1n) is 7.56. The minimum Gasteiger partial charge on any atom is -0.507 e. The highest BCUT2D eigenvalue weighted by Crippen LogP contribution is 2.20. The quantitative estimate of drug-likeness (QED) is 0.731. The molecule has 2 aromatic rings. The van der Waals surface area contributed by atoms with Crippen molar-refractivity contribution in [3.05, 3.63) is 57.6 Å². The Hall–Kier alpha value is -2.34. The minimum atomic E-state index is -0.481. The molecule has 0 saturated heterocycles. The summed E-state index contributed by atoms with van der Waals surface area (Å²) in [5.41, 5.74) is 2.71. The molecule has 0 unspecified atom stereocenters. The molecular weight excluding hydrogens is 372 g/mol. The van der Waals surface area contributed by atoms with Gasteiger partial charge in [0.25, 0.3) is 5.91 Å². The van der Waals surface area contributed by atoms with Crippen molar-refractivity contribution in [3.63, 3.8) is 0 Å². The monoisotopic (exact) mass is 390 g/mol. The van der Waals surface area contributed by atoms with Gasteiger partial charge in [0.15, 0.2) is 0 Å². The smallest absolute Gasteiger partial charge is 0.255 e. The van der Waals surface area contributed by atoms with E-state index in [2.05, 4.69) is 26.6 Å². The second-order valence-electron chi connectivity index (χ2n) is 5.40. The topological polar surface area (TPSA) is 78.4 Å². The van der Waals surface area contributed by atoms with E-state index in [9.17, 15) is 14.7 Å². The third-order valence-electron chi connectivity index (χ3n) is 3.59. The first kappa shape index (κ1) is 18.0. The predicted molar refractivity (Wildman–Crippen MR) is 97.3 cm³/mol. The van der Waals surface area contributed by atoms with Gasteiger partial charge in [-0.05, 0) is 54.8 Å². The Bertz CT molecular complexity index is 775. The zero-order chi connectivity index (χ0) is 17.7. The number of hydrogen-bond acceptors (Lipinski definition) is 3. The number of halogens is 1. The van der Waals surface area contributed by atoms with Crippen LogP contribution >= 0.6 is 15.9 Å². The Kier molecular flexibility index (Phi) is 5.98. The maximum Gasteiger partial charge on any atom is 0.255 e. The van der Waals surface area contributed by atoms with Gasteiger partial charge < -0.3 is 15.7 Å². The highest BCUT2D eigenvalue weighted by molar-refractivity contribution is 9.10. The molecule has 0 bridgehead atoms. The molecule has 126 valence electrons. The normalized spacial score (nSPS) is 10.3. The number of rotatable bonds is 5. The van der Waals surface area contributed by atoms with E-state index < -0.39 is 5.91 Å². The van der Waals surface area contributed by atoms with Crippen LogP contribution in [0.1, 0.15) is 28.4 Å². The van der Waals surface area contributed by atoms with Crippen LogP contribution < -0.4 is 10.6 Å². The maximum absolute atomic E-state index is 12.1. The van der Waals surface area contributed by atoms with Crippen LogP contribution in [-0.2, 0) is 11.2 Å². The first-order chi connectivity index (χ1) is 11.4. The van der Waals surface area contributed by atoms with Gasteiger partial charge >= 0.3 is 0 Å². The number of carbonyl (C=O) groups excluding carboxylic acids is 2. The minimum absolute atomic E-state index is 0.103. The summed E-state index contributed by atoms with van der Waals surface area (Å²) in [7, 11) is 0. The summed E-state index contributed by atoms with van der Waals surface area (Å²) in [5.74, 6) is -0.917. The molecule has 0 aliphatic heterocycles. The van der Waals surface area contributed by atoms with Gasteiger partial charge in [0.1, 0.15) is 5.75 Å². The Morgan fingerprint density at radius 1 is 1.17 bits per heavy atom. The molecule has 2 aromatic carbocycles. The number of aromatic hydroxyl groups is 1. The summed E-state index contributed by atoms with van der Waals surface area (Å²) in [4.78, 5) is 24.1. The summed E-state index contributed by atoms with van der Waals surface area (Å²) in [6.07, 6.45) is 0.754. The van der Waals surface area contributed by atoms with Crippen molar-refractivity contribution in [1.82, 2.24) is 5.32 Å². The van der Waals surface area contributed by atoms with Crippen LogP contribution in [0, 0.1) is 6.92 Å². The molecule has 0 heterocycles. The molecule has 0 radical (unpaired) electrons. The fourth-order valence-electron chi connectivity index (χ4n) is 2.20. The third kappa shape index (κ3) is 4.58. The number of anilines is 1. The van der Waals surface area contributed by atoms with Crippen molar-refractivity contribution in [3.8, 4) is 5.75 Å². The second kappa shape index (κ2) is 7.97. The van der Waals surface area contributed by atoms with Crippen molar-refractivity contribution in [2.45, 2.75) is 20.3 Å². The summed E-state index contributed by atoms with van der Waals surface area (Å²) in [6.45, 7) is 3.67. The standard InChI is InChI=1S/C18H19BrN2O3/c1-3-12-4-7-16(22)14(9-12)18(24)20-10-17(23)21-15-6-5-13(19)8-11(15)2/h4-9,22H,3,10H2,1-2H3,(H,20,24)(H,21,23). The molecule has 2 rings (SSSR count). The van der Waals surface area contributed by atoms with Crippen LogP contribution in [0.25, 0.3) is 0 Å².